The minimum Gasteiger partial charge on any atom is -0.337 e. The Bertz CT molecular complexity index is 388. The number of thiazole rings is 1. The molecule has 0 bridgehead atoms. The largest absolute Gasteiger partial charge is 0.337 e. The molecule has 1 aromatic heterocycles. The molecule has 2 heterocycles. The summed E-state index contributed by atoms with van der Waals surface area (Å²) in [6.07, 6.45) is 3.46. The molecule has 0 unspecified atom stereocenters. The zero-order valence-electron chi connectivity index (χ0n) is 10.6. The van der Waals surface area contributed by atoms with Crippen LogP contribution in [0.1, 0.15) is 41.7 Å². The summed E-state index contributed by atoms with van der Waals surface area (Å²) in [5.41, 5.74) is 6.06. The lowest BCUT2D eigenvalue weighted by molar-refractivity contribution is 0.0683. The fraction of sp³-hybridized carbons (Fsp3) is 0.667. The number of likely N-dealkylation sites (tertiary alicyclic amines) is 1. The molecule has 1 fully saturated rings. The van der Waals surface area contributed by atoms with E-state index in [1.165, 1.54) is 17.8 Å². The van der Waals surface area contributed by atoms with Crippen LogP contribution in [0.2, 0.25) is 0 Å². The second-order valence-electron chi connectivity index (χ2n) is 4.47. The molecular formula is C12H20ClN3OS. The first-order valence-corrected chi connectivity index (χ1v) is 7.06. The van der Waals surface area contributed by atoms with E-state index < -0.39 is 0 Å². The smallest absolute Gasteiger partial charge is 0.273 e. The van der Waals surface area contributed by atoms with Gasteiger partial charge in [-0.05, 0) is 18.8 Å². The molecule has 102 valence electrons. The number of amides is 1. The lowest BCUT2D eigenvalue weighted by atomic mass is 9.94. The minimum atomic E-state index is 0. The number of carbonyl (C=O) groups is 1. The first kappa shape index (κ1) is 15.4. The fourth-order valence-electron chi connectivity index (χ4n) is 2.21. The molecule has 1 amide bonds. The van der Waals surface area contributed by atoms with E-state index in [-0.39, 0.29) is 18.3 Å². The Hall–Kier alpha value is -0.650. The molecule has 2 N–H and O–H groups in total. The molecule has 1 saturated heterocycles. The Labute approximate surface area is 118 Å². The van der Waals surface area contributed by atoms with Crippen molar-refractivity contribution in [3.63, 3.8) is 0 Å². The van der Waals surface area contributed by atoms with Gasteiger partial charge in [-0.15, -0.1) is 23.7 Å². The molecule has 1 aromatic rings. The normalized spacial score (nSPS) is 16.4. The molecule has 0 atom stereocenters. The molecule has 2 rings (SSSR count). The maximum Gasteiger partial charge on any atom is 0.273 e. The highest BCUT2D eigenvalue weighted by molar-refractivity contribution is 7.09. The van der Waals surface area contributed by atoms with E-state index in [2.05, 4.69) is 11.9 Å². The van der Waals surface area contributed by atoms with Crippen molar-refractivity contribution in [2.24, 2.45) is 11.7 Å². The number of halogens is 1. The molecule has 0 spiro atoms. The fourth-order valence-corrected chi connectivity index (χ4v) is 2.86. The highest BCUT2D eigenvalue weighted by Gasteiger charge is 2.23. The van der Waals surface area contributed by atoms with E-state index in [4.69, 9.17) is 5.73 Å². The summed E-state index contributed by atoms with van der Waals surface area (Å²) in [4.78, 5) is 18.3. The second kappa shape index (κ2) is 7.07. The first-order valence-electron chi connectivity index (χ1n) is 6.18. The van der Waals surface area contributed by atoms with Crippen LogP contribution in [-0.4, -0.2) is 28.9 Å². The summed E-state index contributed by atoms with van der Waals surface area (Å²) in [5.74, 6) is 0.851. The summed E-state index contributed by atoms with van der Waals surface area (Å²) in [6.45, 7) is 4.37. The van der Waals surface area contributed by atoms with Crippen molar-refractivity contribution >= 4 is 29.7 Å². The van der Waals surface area contributed by atoms with Crippen molar-refractivity contribution in [2.75, 3.05) is 13.1 Å². The minimum absolute atomic E-state index is 0. The van der Waals surface area contributed by atoms with Gasteiger partial charge in [0.2, 0.25) is 0 Å². The third-order valence-corrected chi connectivity index (χ3v) is 4.30. The summed E-state index contributed by atoms with van der Waals surface area (Å²) in [7, 11) is 0. The zero-order chi connectivity index (χ0) is 12.3. The Morgan fingerprint density at radius 3 is 2.72 bits per heavy atom. The lowest BCUT2D eigenvalue weighted by Gasteiger charge is -2.31. The third-order valence-electron chi connectivity index (χ3n) is 3.42. The summed E-state index contributed by atoms with van der Waals surface area (Å²) >= 11 is 1.46. The van der Waals surface area contributed by atoms with Crippen molar-refractivity contribution in [1.82, 2.24) is 9.88 Å². The van der Waals surface area contributed by atoms with Crippen molar-refractivity contribution in [3.05, 3.63) is 16.1 Å². The number of nitrogens with two attached hydrogens (primary N) is 1. The number of piperidine rings is 1. The number of rotatable bonds is 3. The zero-order valence-corrected chi connectivity index (χ0v) is 12.2. The molecule has 0 aromatic carbocycles. The van der Waals surface area contributed by atoms with E-state index in [9.17, 15) is 4.79 Å². The Morgan fingerprint density at radius 1 is 1.56 bits per heavy atom. The van der Waals surface area contributed by atoms with Crippen LogP contribution in [0, 0.1) is 5.92 Å². The Morgan fingerprint density at radius 2 is 2.22 bits per heavy atom. The van der Waals surface area contributed by atoms with E-state index >= 15 is 0 Å². The average molecular weight is 290 g/mol. The Kier molecular flexibility index (Phi) is 6.05. The van der Waals surface area contributed by atoms with Gasteiger partial charge in [0.15, 0.2) is 0 Å². The van der Waals surface area contributed by atoms with Crippen LogP contribution in [0.25, 0.3) is 0 Å². The molecule has 1 aliphatic heterocycles. The van der Waals surface area contributed by atoms with Crippen LogP contribution in [0.15, 0.2) is 5.38 Å². The van der Waals surface area contributed by atoms with E-state index in [1.54, 1.807) is 0 Å². The van der Waals surface area contributed by atoms with Crippen LogP contribution >= 0.6 is 23.7 Å². The van der Waals surface area contributed by atoms with Crippen molar-refractivity contribution in [1.29, 1.82) is 0 Å². The summed E-state index contributed by atoms with van der Waals surface area (Å²) < 4.78 is 0. The number of hydrogen-bond acceptors (Lipinski definition) is 4. The van der Waals surface area contributed by atoms with E-state index in [1.807, 2.05) is 10.3 Å². The lowest BCUT2D eigenvalue weighted by Crippen LogP contribution is -2.38. The van der Waals surface area contributed by atoms with Gasteiger partial charge in [-0.2, -0.15) is 0 Å². The van der Waals surface area contributed by atoms with Crippen molar-refractivity contribution in [2.45, 2.75) is 32.7 Å². The molecule has 0 saturated carbocycles. The van der Waals surface area contributed by atoms with Gasteiger partial charge in [0.1, 0.15) is 10.7 Å². The van der Waals surface area contributed by atoms with Gasteiger partial charge in [0, 0.05) is 25.0 Å². The number of hydrogen-bond donors (Lipinski definition) is 1. The van der Waals surface area contributed by atoms with Crippen LogP contribution < -0.4 is 5.73 Å². The van der Waals surface area contributed by atoms with E-state index in [0.717, 1.165) is 36.9 Å². The average Bonchev–Trinajstić information content (AvgIpc) is 2.87. The van der Waals surface area contributed by atoms with Gasteiger partial charge >= 0.3 is 0 Å². The first-order chi connectivity index (χ1) is 8.24. The van der Waals surface area contributed by atoms with Gasteiger partial charge in [-0.3, -0.25) is 4.79 Å². The number of nitrogens with zero attached hydrogens (tertiary/aromatic N) is 2. The van der Waals surface area contributed by atoms with Gasteiger partial charge in [0.05, 0.1) is 0 Å². The Balaban J connectivity index is 0.00000162. The van der Waals surface area contributed by atoms with E-state index in [0.29, 0.717) is 12.2 Å². The molecular weight excluding hydrogens is 270 g/mol. The highest BCUT2D eigenvalue weighted by Crippen LogP contribution is 2.21. The van der Waals surface area contributed by atoms with Crippen LogP contribution in [0.4, 0.5) is 0 Å². The SMILES string of the molecule is CCC1CCN(C(=O)c2csc(CN)n2)CC1.Cl. The molecule has 0 aliphatic carbocycles. The maximum atomic E-state index is 12.2. The van der Waals surface area contributed by atoms with Crippen LogP contribution in [0.5, 0.6) is 0 Å². The topological polar surface area (TPSA) is 59.2 Å². The van der Waals surface area contributed by atoms with Crippen molar-refractivity contribution < 1.29 is 4.79 Å². The predicted octanol–water partition coefficient (Wildman–Crippen LogP) is 2.29. The monoisotopic (exact) mass is 289 g/mol. The third kappa shape index (κ3) is 3.43. The van der Waals surface area contributed by atoms with Crippen LogP contribution in [0.3, 0.4) is 0 Å². The van der Waals surface area contributed by atoms with Gasteiger partial charge in [0.25, 0.3) is 5.91 Å². The predicted molar refractivity (Wildman–Crippen MR) is 76.2 cm³/mol. The number of carbonyl (C=O) groups excluding carboxylic acids is 1. The molecule has 0 radical (unpaired) electrons. The van der Waals surface area contributed by atoms with Crippen LogP contribution in [-0.2, 0) is 6.54 Å². The second-order valence-corrected chi connectivity index (χ2v) is 5.42. The quantitative estimate of drug-likeness (QED) is 0.929. The molecule has 1 aliphatic rings. The summed E-state index contributed by atoms with van der Waals surface area (Å²) in [5, 5.41) is 2.65. The standard InChI is InChI=1S/C12H19N3OS.ClH/c1-2-9-3-5-15(6-4-9)12(16)10-8-17-11(7-13)14-10;/h8-9H,2-7,13H2,1H3;1H. The maximum absolute atomic E-state index is 12.2. The highest BCUT2D eigenvalue weighted by atomic mass is 35.5. The molecule has 4 nitrogen and oxygen atoms in total. The van der Waals surface area contributed by atoms with Gasteiger partial charge < -0.3 is 10.6 Å². The number of aromatic nitrogens is 1. The van der Waals surface area contributed by atoms with Gasteiger partial charge in [-0.1, -0.05) is 13.3 Å². The summed E-state index contributed by atoms with van der Waals surface area (Å²) in [6, 6.07) is 0. The van der Waals surface area contributed by atoms with Crippen molar-refractivity contribution in [3.8, 4) is 0 Å². The molecule has 6 heteroatoms. The van der Waals surface area contributed by atoms with Gasteiger partial charge in [-0.25, -0.2) is 4.98 Å². The molecule has 18 heavy (non-hydrogen) atoms.